The molecule has 2 rings (SSSR count). The van der Waals surface area contributed by atoms with Crippen molar-refractivity contribution in [2.75, 3.05) is 13.2 Å². The van der Waals surface area contributed by atoms with E-state index in [2.05, 4.69) is 5.32 Å². The summed E-state index contributed by atoms with van der Waals surface area (Å²) in [6.07, 6.45) is 3.20. The molecule has 0 aliphatic heterocycles. The van der Waals surface area contributed by atoms with Gasteiger partial charge in [0.25, 0.3) is 0 Å². The lowest BCUT2D eigenvalue weighted by atomic mass is 10.2. The number of ether oxygens (including phenoxy) is 1. The molecule has 0 saturated carbocycles. The molecule has 2 aromatic rings. The van der Waals surface area contributed by atoms with Crippen molar-refractivity contribution in [3.8, 4) is 0 Å². The molecule has 0 aliphatic carbocycles. The molecule has 0 spiro atoms. The standard InChI is InChI=1S/C19H18FNO4S/c1-13(22)21-10-9-16-6-7-18(26-16)17(23)12-25-19(24)8-5-14-3-2-4-15(20)11-14/h2-8,11H,9-10,12H2,1H3,(H,21,22)/b8-5+. The van der Waals surface area contributed by atoms with Gasteiger partial charge in [-0.1, -0.05) is 12.1 Å². The number of thiophene rings is 1. The second kappa shape index (κ2) is 9.62. The first-order chi connectivity index (χ1) is 12.4. The van der Waals surface area contributed by atoms with Crippen LogP contribution < -0.4 is 5.32 Å². The molecular formula is C19H18FNO4S. The van der Waals surface area contributed by atoms with Crippen LogP contribution in [0.2, 0.25) is 0 Å². The summed E-state index contributed by atoms with van der Waals surface area (Å²) >= 11 is 1.30. The number of carbonyl (C=O) groups is 3. The van der Waals surface area contributed by atoms with Gasteiger partial charge in [0.1, 0.15) is 5.82 Å². The van der Waals surface area contributed by atoms with E-state index in [1.165, 1.54) is 42.5 Å². The van der Waals surface area contributed by atoms with Crippen LogP contribution in [-0.2, 0) is 20.7 Å². The summed E-state index contributed by atoms with van der Waals surface area (Å²) in [7, 11) is 0. The van der Waals surface area contributed by atoms with Crippen molar-refractivity contribution < 1.29 is 23.5 Å². The summed E-state index contributed by atoms with van der Waals surface area (Å²) in [5.41, 5.74) is 0.523. The molecule has 1 aromatic heterocycles. The Labute approximate surface area is 154 Å². The Hall–Kier alpha value is -2.80. The van der Waals surface area contributed by atoms with E-state index in [9.17, 15) is 18.8 Å². The van der Waals surface area contributed by atoms with Crippen molar-refractivity contribution in [2.24, 2.45) is 0 Å². The number of carbonyl (C=O) groups excluding carboxylic acids is 3. The average molecular weight is 375 g/mol. The van der Waals surface area contributed by atoms with Gasteiger partial charge < -0.3 is 10.1 Å². The van der Waals surface area contributed by atoms with Gasteiger partial charge in [0, 0.05) is 24.4 Å². The van der Waals surface area contributed by atoms with E-state index in [1.807, 2.05) is 6.07 Å². The molecule has 1 amide bonds. The number of amides is 1. The largest absolute Gasteiger partial charge is 0.454 e. The molecule has 0 unspecified atom stereocenters. The number of Topliss-reactive ketones (excluding diaryl/α,β-unsaturated/α-hetero) is 1. The van der Waals surface area contributed by atoms with Gasteiger partial charge in [-0.2, -0.15) is 0 Å². The third kappa shape index (κ3) is 6.60. The maximum atomic E-state index is 13.0. The van der Waals surface area contributed by atoms with E-state index < -0.39 is 11.8 Å². The fraction of sp³-hybridized carbons (Fsp3) is 0.211. The fourth-order valence-electron chi connectivity index (χ4n) is 2.05. The predicted octanol–water partition coefficient (Wildman–Crippen LogP) is 3.01. The SMILES string of the molecule is CC(=O)NCCc1ccc(C(=O)COC(=O)/C=C/c2cccc(F)c2)s1. The summed E-state index contributed by atoms with van der Waals surface area (Å²) < 4.78 is 18.0. The van der Waals surface area contributed by atoms with E-state index in [0.717, 1.165) is 11.0 Å². The molecule has 7 heteroatoms. The maximum absolute atomic E-state index is 13.0. The fourth-order valence-corrected chi connectivity index (χ4v) is 2.99. The Balaban J connectivity index is 1.79. The average Bonchev–Trinajstić information content (AvgIpc) is 3.06. The van der Waals surface area contributed by atoms with Crippen molar-refractivity contribution in [3.05, 3.63) is 63.6 Å². The van der Waals surface area contributed by atoms with Crippen LogP contribution in [0.4, 0.5) is 4.39 Å². The third-order valence-corrected chi connectivity index (χ3v) is 4.47. The number of ketones is 1. The predicted molar refractivity (Wildman–Crippen MR) is 97.4 cm³/mol. The van der Waals surface area contributed by atoms with Gasteiger partial charge in [-0.05, 0) is 42.3 Å². The number of hydrogen-bond donors (Lipinski definition) is 1. The minimum absolute atomic E-state index is 0.101. The van der Waals surface area contributed by atoms with Gasteiger partial charge in [-0.15, -0.1) is 11.3 Å². The zero-order valence-electron chi connectivity index (χ0n) is 14.2. The van der Waals surface area contributed by atoms with Crippen molar-refractivity contribution in [1.82, 2.24) is 5.32 Å². The molecule has 26 heavy (non-hydrogen) atoms. The highest BCUT2D eigenvalue weighted by Crippen LogP contribution is 2.17. The Bertz CT molecular complexity index is 828. The van der Waals surface area contributed by atoms with Gasteiger partial charge in [0.15, 0.2) is 6.61 Å². The van der Waals surface area contributed by atoms with Crippen LogP contribution in [0, 0.1) is 5.82 Å². The number of benzene rings is 1. The lowest BCUT2D eigenvalue weighted by Crippen LogP contribution is -2.22. The first kappa shape index (κ1) is 19.5. The smallest absolute Gasteiger partial charge is 0.331 e. The van der Waals surface area contributed by atoms with Gasteiger partial charge in [-0.3, -0.25) is 9.59 Å². The summed E-state index contributed by atoms with van der Waals surface area (Å²) in [5.74, 6) is -1.47. The topological polar surface area (TPSA) is 72.5 Å². The lowest BCUT2D eigenvalue weighted by molar-refractivity contribution is -0.136. The van der Waals surface area contributed by atoms with Crippen LogP contribution in [0.5, 0.6) is 0 Å². The highest BCUT2D eigenvalue weighted by atomic mass is 32.1. The van der Waals surface area contributed by atoms with Gasteiger partial charge in [-0.25, -0.2) is 9.18 Å². The molecule has 0 radical (unpaired) electrons. The molecule has 5 nitrogen and oxygen atoms in total. The summed E-state index contributed by atoms with van der Waals surface area (Å²) in [4.78, 5) is 36.0. The highest BCUT2D eigenvalue weighted by molar-refractivity contribution is 7.14. The quantitative estimate of drug-likeness (QED) is 0.437. The second-order valence-corrected chi connectivity index (χ2v) is 6.59. The van der Waals surface area contributed by atoms with Crippen LogP contribution in [-0.4, -0.2) is 30.8 Å². The van der Waals surface area contributed by atoms with Crippen molar-refractivity contribution >= 4 is 35.1 Å². The lowest BCUT2D eigenvalue weighted by Gasteiger charge is -2.00. The summed E-state index contributed by atoms with van der Waals surface area (Å²) in [5, 5.41) is 2.69. The molecule has 1 N–H and O–H groups in total. The molecule has 0 aliphatic rings. The number of halogens is 1. The van der Waals surface area contributed by atoms with Crippen molar-refractivity contribution in [1.29, 1.82) is 0 Å². The normalized spacial score (nSPS) is 10.7. The van der Waals surface area contributed by atoms with E-state index in [4.69, 9.17) is 4.74 Å². The molecule has 0 bridgehead atoms. The summed E-state index contributed by atoms with van der Waals surface area (Å²) in [6.45, 7) is 1.59. The molecule has 0 fully saturated rings. The van der Waals surface area contributed by atoms with Crippen LogP contribution in [0.15, 0.2) is 42.5 Å². The second-order valence-electron chi connectivity index (χ2n) is 5.42. The first-order valence-electron chi connectivity index (χ1n) is 7.91. The Morgan fingerprint density at radius 3 is 2.77 bits per heavy atom. The van der Waals surface area contributed by atoms with E-state index in [-0.39, 0.29) is 18.3 Å². The number of nitrogens with one attached hydrogen (secondary N) is 1. The summed E-state index contributed by atoms with van der Waals surface area (Å²) in [6, 6.07) is 9.25. The molecule has 0 atom stereocenters. The number of esters is 1. The van der Waals surface area contributed by atoms with Gasteiger partial charge >= 0.3 is 5.97 Å². The molecule has 0 saturated heterocycles. The van der Waals surface area contributed by atoms with E-state index >= 15 is 0 Å². The minimum atomic E-state index is -0.676. The zero-order valence-corrected chi connectivity index (χ0v) is 15.0. The van der Waals surface area contributed by atoms with Crippen molar-refractivity contribution in [3.63, 3.8) is 0 Å². The van der Waals surface area contributed by atoms with Crippen LogP contribution in [0.1, 0.15) is 27.0 Å². The van der Waals surface area contributed by atoms with Gasteiger partial charge in [0.2, 0.25) is 11.7 Å². The Morgan fingerprint density at radius 1 is 1.23 bits per heavy atom. The van der Waals surface area contributed by atoms with Crippen LogP contribution in [0.25, 0.3) is 6.08 Å². The Morgan fingerprint density at radius 2 is 2.04 bits per heavy atom. The Kier molecular flexibility index (Phi) is 7.23. The number of hydrogen-bond acceptors (Lipinski definition) is 5. The molecular weight excluding hydrogens is 357 g/mol. The number of rotatable bonds is 8. The monoisotopic (exact) mass is 375 g/mol. The molecule has 1 aromatic carbocycles. The van der Waals surface area contributed by atoms with Crippen LogP contribution >= 0.6 is 11.3 Å². The van der Waals surface area contributed by atoms with E-state index in [0.29, 0.717) is 23.4 Å². The van der Waals surface area contributed by atoms with Crippen molar-refractivity contribution in [2.45, 2.75) is 13.3 Å². The van der Waals surface area contributed by atoms with E-state index in [1.54, 1.807) is 12.1 Å². The minimum Gasteiger partial charge on any atom is -0.454 e. The molecule has 136 valence electrons. The third-order valence-electron chi connectivity index (χ3n) is 3.29. The zero-order chi connectivity index (χ0) is 18.9. The van der Waals surface area contributed by atoms with Crippen LogP contribution in [0.3, 0.4) is 0 Å². The molecule has 1 heterocycles. The maximum Gasteiger partial charge on any atom is 0.331 e. The highest BCUT2D eigenvalue weighted by Gasteiger charge is 2.11. The first-order valence-corrected chi connectivity index (χ1v) is 8.72. The van der Waals surface area contributed by atoms with Gasteiger partial charge in [0.05, 0.1) is 4.88 Å².